The van der Waals surface area contributed by atoms with Crippen LogP contribution in [0.3, 0.4) is 0 Å². The van der Waals surface area contributed by atoms with Crippen LogP contribution in [0.25, 0.3) is 0 Å². The van der Waals surface area contributed by atoms with Gasteiger partial charge in [-0.2, -0.15) is 0 Å². The van der Waals surface area contributed by atoms with Crippen LogP contribution in [0.5, 0.6) is 0 Å². The minimum Gasteiger partial charge on any atom is -0.454 e. The van der Waals surface area contributed by atoms with Gasteiger partial charge in [-0.15, -0.1) is 0 Å². The summed E-state index contributed by atoms with van der Waals surface area (Å²) in [6.45, 7) is -0.636. The summed E-state index contributed by atoms with van der Waals surface area (Å²) in [4.78, 5) is 37.2. The maximum absolute atomic E-state index is 13.7. The van der Waals surface area contributed by atoms with E-state index < -0.39 is 24.2 Å². The Bertz CT molecular complexity index is 1040. The van der Waals surface area contributed by atoms with Crippen LogP contribution in [0.4, 0.5) is 4.39 Å². The van der Waals surface area contributed by atoms with Crippen LogP contribution in [-0.2, 0) is 4.74 Å². The molecule has 0 saturated heterocycles. The second-order valence-corrected chi connectivity index (χ2v) is 6.30. The summed E-state index contributed by atoms with van der Waals surface area (Å²) in [5, 5.41) is 0.482. The van der Waals surface area contributed by atoms with E-state index in [0.29, 0.717) is 10.6 Å². The average Bonchev–Trinajstić information content (AvgIpc) is 2.72. The van der Waals surface area contributed by atoms with E-state index in [2.05, 4.69) is 0 Å². The van der Waals surface area contributed by atoms with Crippen molar-refractivity contribution >= 4 is 29.1 Å². The van der Waals surface area contributed by atoms with Gasteiger partial charge in [-0.05, 0) is 42.5 Å². The van der Waals surface area contributed by atoms with Gasteiger partial charge < -0.3 is 4.74 Å². The molecular formula is C22H14ClFO4. The summed E-state index contributed by atoms with van der Waals surface area (Å²) in [7, 11) is 0. The van der Waals surface area contributed by atoms with Crippen molar-refractivity contribution in [3.8, 4) is 0 Å². The SMILES string of the molecule is O=C(COC(=O)c1ccccc1C(=O)c1ccc(Cl)cc1)c1ccccc1F. The summed E-state index contributed by atoms with van der Waals surface area (Å²) in [5.74, 6) is -2.60. The third-order valence-electron chi connectivity index (χ3n) is 4.01. The third kappa shape index (κ3) is 4.32. The molecule has 0 N–H and O–H groups in total. The molecule has 0 amide bonds. The molecule has 0 heterocycles. The maximum Gasteiger partial charge on any atom is 0.339 e. The van der Waals surface area contributed by atoms with Crippen LogP contribution >= 0.6 is 11.6 Å². The normalized spacial score (nSPS) is 10.4. The number of ether oxygens (including phenoxy) is 1. The maximum atomic E-state index is 13.7. The van der Waals surface area contributed by atoms with Crippen LogP contribution in [0.1, 0.15) is 36.6 Å². The van der Waals surface area contributed by atoms with E-state index >= 15 is 0 Å². The van der Waals surface area contributed by atoms with Gasteiger partial charge in [0.25, 0.3) is 0 Å². The molecule has 0 spiro atoms. The lowest BCUT2D eigenvalue weighted by molar-refractivity contribution is 0.0471. The highest BCUT2D eigenvalue weighted by Gasteiger charge is 2.20. The van der Waals surface area contributed by atoms with Crippen LogP contribution in [-0.4, -0.2) is 24.1 Å². The molecule has 0 aliphatic heterocycles. The number of ketones is 2. The first-order valence-electron chi connectivity index (χ1n) is 8.31. The summed E-state index contributed by atoms with van der Waals surface area (Å²) >= 11 is 5.83. The molecule has 28 heavy (non-hydrogen) atoms. The van der Waals surface area contributed by atoms with Gasteiger partial charge in [0.2, 0.25) is 5.78 Å². The molecule has 0 saturated carbocycles. The lowest BCUT2D eigenvalue weighted by Crippen LogP contribution is -2.17. The van der Waals surface area contributed by atoms with E-state index in [9.17, 15) is 18.8 Å². The van der Waals surface area contributed by atoms with Gasteiger partial charge in [0, 0.05) is 16.1 Å². The molecule has 140 valence electrons. The fourth-order valence-electron chi connectivity index (χ4n) is 2.59. The van der Waals surface area contributed by atoms with Crippen LogP contribution < -0.4 is 0 Å². The van der Waals surface area contributed by atoms with Crippen molar-refractivity contribution in [1.29, 1.82) is 0 Å². The minimum absolute atomic E-state index is 0.0174. The molecule has 0 aliphatic rings. The van der Waals surface area contributed by atoms with Crippen molar-refractivity contribution < 1.29 is 23.5 Å². The Morgan fingerprint density at radius 1 is 0.786 bits per heavy atom. The van der Waals surface area contributed by atoms with E-state index in [-0.39, 0.29) is 22.5 Å². The molecule has 0 aliphatic carbocycles. The summed E-state index contributed by atoms with van der Waals surface area (Å²) < 4.78 is 18.7. The van der Waals surface area contributed by atoms with E-state index in [1.165, 1.54) is 30.3 Å². The van der Waals surface area contributed by atoms with Crippen molar-refractivity contribution in [2.24, 2.45) is 0 Å². The Kier molecular flexibility index (Phi) is 5.96. The molecule has 3 rings (SSSR count). The molecule has 3 aromatic carbocycles. The topological polar surface area (TPSA) is 60.4 Å². The highest BCUT2D eigenvalue weighted by atomic mass is 35.5. The molecule has 0 unspecified atom stereocenters. The Labute approximate surface area is 165 Å². The largest absolute Gasteiger partial charge is 0.454 e. The Morgan fingerprint density at radius 3 is 2.00 bits per heavy atom. The van der Waals surface area contributed by atoms with Gasteiger partial charge in [0.05, 0.1) is 11.1 Å². The molecule has 3 aromatic rings. The number of hydrogen-bond acceptors (Lipinski definition) is 4. The van der Waals surface area contributed by atoms with E-state index in [1.807, 2.05) is 0 Å². The minimum atomic E-state index is -0.845. The molecule has 6 heteroatoms. The molecule has 0 radical (unpaired) electrons. The zero-order chi connectivity index (χ0) is 20.1. The van der Waals surface area contributed by atoms with Crippen LogP contribution in [0.15, 0.2) is 72.8 Å². The zero-order valence-electron chi connectivity index (χ0n) is 14.5. The number of hydrogen-bond donors (Lipinski definition) is 0. The van der Waals surface area contributed by atoms with Crippen molar-refractivity contribution in [3.63, 3.8) is 0 Å². The predicted molar refractivity (Wildman–Crippen MR) is 102 cm³/mol. The fourth-order valence-corrected chi connectivity index (χ4v) is 2.72. The molecule has 0 bridgehead atoms. The molecule has 0 atom stereocenters. The van der Waals surface area contributed by atoms with Crippen molar-refractivity contribution in [2.75, 3.05) is 6.61 Å². The smallest absolute Gasteiger partial charge is 0.339 e. The first-order chi connectivity index (χ1) is 13.5. The molecular weight excluding hydrogens is 383 g/mol. The number of benzene rings is 3. The zero-order valence-corrected chi connectivity index (χ0v) is 15.3. The van der Waals surface area contributed by atoms with Crippen LogP contribution in [0.2, 0.25) is 5.02 Å². The highest BCUT2D eigenvalue weighted by Crippen LogP contribution is 2.18. The standard InChI is InChI=1S/C22H14ClFO4/c23-15-11-9-14(10-12-15)21(26)16-5-1-2-6-17(16)22(27)28-13-20(25)18-7-3-4-8-19(18)24/h1-12H,13H2. The van der Waals surface area contributed by atoms with Gasteiger partial charge in [0.1, 0.15) is 5.82 Å². The van der Waals surface area contributed by atoms with Gasteiger partial charge in [-0.3, -0.25) is 9.59 Å². The van der Waals surface area contributed by atoms with E-state index in [4.69, 9.17) is 16.3 Å². The first kappa shape index (κ1) is 19.5. The first-order valence-corrected chi connectivity index (χ1v) is 8.69. The fraction of sp³-hybridized carbons (Fsp3) is 0.0455. The summed E-state index contributed by atoms with van der Waals surface area (Å²) in [5.41, 5.74) is 0.338. The third-order valence-corrected chi connectivity index (χ3v) is 4.26. The van der Waals surface area contributed by atoms with E-state index in [0.717, 1.165) is 6.07 Å². The predicted octanol–water partition coefficient (Wildman–Crippen LogP) is 4.75. The van der Waals surface area contributed by atoms with Crippen molar-refractivity contribution in [3.05, 3.63) is 106 Å². The summed E-state index contributed by atoms with van der Waals surface area (Å²) in [6, 6.07) is 17.8. The van der Waals surface area contributed by atoms with Gasteiger partial charge in [-0.25, -0.2) is 9.18 Å². The number of rotatable bonds is 6. The monoisotopic (exact) mass is 396 g/mol. The van der Waals surface area contributed by atoms with E-state index in [1.54, 1.807) is 36.4 Å². The second kappa shape index (κ2) is 8.59. The van der Waals surface area contributed by atoms with Gasteiger partial charge >= 0.3 is 5.97 Å². The Balaban J connectivity index is 1.77. The highest BCUT2D eigenvalue weighted by molar-refractivity contribution is 6.30. The number of carbonyl (C=O) groups excluding carboxylic acids is 3. The number of esters is 1. The molecule has 0 aromatic heterocycles. The number of carbonyl (C=O) groups is 3. The number of halogens is 2. The Morgan fingerprint density at radius 2 is 1.36 bits per heavy atom. The second-order valence-electron chi connectivity index (χ2n) is 5.86. The quantitative estimate of drug-likeness (QED) is 0.445. The number of Topliss-reactive ketones (excluding diaryl/α,β-unsaturated/α-hetero) is 1. The molecule has 4 nitrogen and oxygen atoms in total. The average molecular weight is 397 g/mol. The van der Waals surface area contributed by atoms with Gasteiger partial charge in [-0.1, -0.05) is 41.9 Å². The summed E-state index contributed by atoms with van der Waals surface area (Å²) in [6.07, 6.45) is 0. The van der Waals surface area contributed by atoms with Crippen molar-refractivity contribution in [2.45, 2.75) is 0 Å². The lowest BCUT2D eigenvalue weighted by Gasteiger charge is -2.09. The molecule has 0 fully saturated rings. The Hall–Kier alpha value is -3.31. The van der Waals surface area contributed by atoms with Gasteiger partial charge in [0.15, 0.2) is 12.4 Å². The lowest BCUT2D eigenvalue weighted by atomic mass is 9.98. The van der Waals surface area contributed by atoms with Crippen molar-refractivity contribution in [1.82, 2.24) is 0 Å². The van der Waals surface area contributed by atoms with Crippen LogP contribution in [0, 0.1) is 5.82 Å².